The van der Waals surface area contributed by atoms with Crippen LogP contribution in [0.4, 0.5) is 0 Å². The number of carbonyl (C=O) groups excluding carboxylic acids is 1. The maximum absolute atomic E-state index is 11.6. The van der Waals surface area contributed by atoms with Crippen LogP contribution < -0.4 is 5.11 Å². The molecule has 0 spiro atoms. The minimum atomic E-state index is -3.69. The van der Waals surface area contributed by atoms with E-state index in [0.29, 0.717) is 0 Å². The number of imidazole rings is 1. The summed E-state index contributed by atoms with van der Waals surface area (Å²) in [5.74, 6) is -2.11. The van der Waals surface area contributed by atoms with E-state index in [1.165, 1.54) is 6.20 Å². The van der Waals surface area contributed by atoms with Crippen molar-refractivity contribution in [2.45, 2.75) is 12.5 Å². The van der Waals surface area contributed by atoms with Crippen molar-refractivity contribution in [3.05, 3.63) is 16.7 Å². The van der Waals surface area contributed by atoms with Gasteiger partial charge in [0.1, 0.15) is 6.04 Å². The number of H-pyrrole nitrogens is 2. The molecule has 5 nitrogen and oxygen atoms in total. The van der Waals surface area contributed by atoms with Crippen molar-refractivity contribution in [1.29, 1.82) is 0 Å². The molecule has 0 aromatic carbocycles. The molecule has 0 aliphatic heterocycles. The summed E-state index contributed by atoms with van der Waals surface area (Å²) < 4.78 is 64.9. The van der Waals surface area contributed by atoms with Gasteiger partial charge in [-0.15, -0.1) is 0 Å². The van der Waals surface area contributed by atoms with Crippen LogP contribution in [-0.2, 0) is 11.2 Å². The lowest BCUT2D eigenvalue weighted by Crippen LogP contribution is -2.55. The van der Waals surface area contributed by atoms with Crippen LogP contribution in [0.3, 0.4) is 0 Å². The maximum atomic E-state index is 11.6. The van der Waals surface area contributed by atoms with Gasteiger partial charge in [-0.1, -0.05) is 0 Å². The van der Waals surface area contributed by atoms with Gasteiger partial charge in [0.25, 0.3) is 0 Å². The molecule has 0 radical (unpaired) electrons. The van der Waals surface area contributed by atoms with Crippen LogP contribution >= 0.6 is 12.2 Å². The van der Waals surface area contributed by atoms with Crippen molar-refractivity contribution >= 4 is 18.2 Å². The number of nitrogens with zero attached hydrogens (tertiary/aromatic N) is 1. The molecule has 1 aromatic rings. The predicted molar refractivity (Wildman–Crippen MR) is 56.5 cm³/mol. The number of aromatic nitrogens is 2. The Labute approximate surface area is 106 Å². The summed E-state index contributed by atoms with van der Waals surface area (Å²) in [6.45, 7) is -11.1. The molecule has 2 N–H and O–H groups in total. The Bertz CT molecular complexity index is 621. The van der Waals surface area contributed by atoms with E-state index in [4.69, 9.17) is 24.6 Å². The van der Waals surface area contributed by atoms with E-state index in [1.54, 1.807) is 0 Å². The molecule has 15 heavy (non-hydrogen) atoms. The highest BCUT2D eigenvalue weighted by atomic mass is 32.1. The van der Waals surface area contributed by atoms with Gasteiger partial charge < -0.3 is 24.4 Å². The highest BCUT2D eigenvalue weighted by Gasteiger charge is 2.25. The first-order chi connectivity index (χ1) is 10.6. The van der Waals surface area contributed by atoms with E-state index in [-0.39, 0.29) is 10.5 Å². The zero-order chi connectivity index (χ0) is 19.1. The van der Waals surface area contributed by atoms with Crippen LogP contribution in [0.25, 0.3) is 0 Å². The standard InChI is InChI=1S/C9H15N3O2S/c1-12(2,3)7(8(13)14)4-6-5-10-9(15)11-6/h5,7H,4H2,1-3H3,(H2-,10,11,13,14,15)/t7-/m0/s1/i1D3,2D3,3D3. The Morgan fingerprint density at radius 2 is 2.40 bits per heavy atom. The fourth-order valence-corrected chi connectivity index (χ4v) is 1.26. The third-order valence-corrected chi connectivity index (χ3v) is 2.02. The van der Waals surface area contributed by atoms with Crippen molar-refractivity contribution in [2.75, 3.05) is 20.9 Å². The summed E-state index contributed by atoms with van der Waals surface area (Å²) in [5, 5.41) is 11.6. The summed E-state index contributed by atoms with van der Waals surface area (Å²) in [4.78, 5) is 16.6. The molecule has 6 heteroatoms. The quantitative estimate of drug-likeness (QED) is 0.545. The number of quaternary nitrogens is 1. The third-order valence-electron chi connectivity index (χ3n) is 1.80. The molecular formula is C9H15N3O2S. The smallest absolute Gasteiger partial charge is 0.174 e. The summed E-state index contributed by atoms with van der Waals surface area (Å²) in [6, 6.07) is -2.40. The number of aromatic amines is 2. The fraction of sp³-hybridized carbons (Fsp3) is 0.556. The largest absolute Gasteiger partial charge is 0.544 e. The van der Waals surface area contributed by atoms with E-state index in [9.17, 15) is 9.90 Å². The first-order valence-corrected chi connectivity index (χ1v) is 4.33. The van der Waals surface area contributed by atoms with Crippen molar-refractivity contribution < 1.29 is 26.7 Å². The number of carboxylic acids is 1. The summed E-state index contributed by atoms with van der Waals surface area (Å²) in [5.41, 5.74) is 0.0365. The molecule has 0 aliphatic rings. The minimum Gasteiger partial charge on any atom is -0.544 e. The zero-order valence-electron chi connectivity index (χ0n) is 16.5. The van der Waals surface area contributed by atoms with E-state index < -0.39 is 43.8 Å². The zero-order valence-corrected chi connectivity index (χ0v) is 8.35. The normalized spacial score (nSPS) is 25.2. The second kappa shape index (κ2) is 4.16. The fourth-order valence-electron chi connectivity index (χ4n) is 1.07. The highest BCUT2D eigenvalue weighted by Crippen LogP contribution is 2.08. The van der Waals surface area contributed by atoms with Crippen molar-refractivity contribution in [1.82, 2.24) is 9.97 Å². The van der Waals surface area contributed by atoms with Gasteiger partial charge in [-0.3, -0.25) is 0 Å². The van der Waals surface area contributed by atoms with Crippen LogP contribution in [-0.4, -0.2) is 47.4 Å². The first-order valence-electron chi connectivity index (χ1n) is 8.42. The van der Waals surface area contributed by atoms with E-state index >= 15 is 0 Å². The van der Waals surface area contributed by atoms with Gasteiger partial charge in [0.15, 0.2) is 4.77 Å². The van der Waals surface area contributed by atoms with Gasteiger partial charge in [0.2, 0.25) is 0 Å². The molecule has 1 atom stereocenters. The van der Waals surface area contributed by atoms with Crippen LogP contribution in [0.15, 0.2) is 6.20 Å². The Morgan fingerprint density at radius 1 is 1.73 bits per heavy atom. The number of carboxylic acid groups (broad SMARTS) is 1. The van der Waals surface area contributed by atoms with E-state index in [1.807, 2.05) is 0 Å². The Morgan fingerprint density at radius 3 is 2.80 bits per heavy atom. The lowest BCUT2D eigenvalue weighted by Gasteiger charge is -2.34. The summed E-state index contributed by atoms with van der Waals surface area (Å²) in [7, 11) is 0. The number of nitrogens with one attached hydrogen (secondary N) is 2. The highest BCUT2D eigenvalue weighted by molar-refractivity contribution is 7.71. The molecule has 0 saturated heterocycles. The summed E-state index contributed by atoms with van der Waals surface area (Å²) >= 11 is 4.75. The predicted octanol–water partition coefficient (Wildman–Crippen LogP) is -0.561. The van der Waals surface area contributed by atoms with Crippen LogP contribution in [0, 0.1) is 4.77 Å². The van der Waals surface area contributed by atoms with E-state index in [2.05, 4.69) is 9.97 Å². The van der Waals surface area contributed by atoms with Crippen molar-refractivity contribution in [3.63, 3.8) is 0 Å². The summed E-state index contributed by atoms with van der Waals surface area (Å²) in [6.07, 6.45) is 0.455. The van der Waals surface area contributed by atoms with Gasteiger partial charge >= 0.3 is 0 Å². The van der Waals surface area contributed by atoms with E-state index in [0.717, 1.165) is 0 Å². The minimum absolute atomic E-state index is 0.0365. The number of hydrogen-bond donors (Lipinski definition) is 2. The van der Waals surface area contributed by atoms with Gasteiger partial charge in [-0.2, -0.15) is 0 Å². The van der Waals surface area contributed by atoms with Gasteiger partial charge in [-0.25, -0.2) is 0 Å². The van der Waals surface area contributed by atoms with Crippen molar-refractivity contribution in [2.24, 2.45) is 0 Å². The number of rotatable bonds is 4. The molecule has 1 heterocycles. The third kappa shape index (κ3) is 3.17. The van der Waals surface area contributed by atoms with Crippen molar-refractivity contribution in [3.8, 4) is 0 Å². The Kier molecular flexibility index (Phi) is 1.22. The average molecular weight is 238 g/mol. The first kappa shape index (κ1) is 4.39. The molecule has 0 unspecified atom stereocenters. The maximum Gasteiger partial charge on any atom is 0.174 e. The number of likely N-dealkylation sites (N-methyl/N-ethyl adjacent to an activating group) is 1. The lowest BCUT2D eigenvalue weighted by atomic mass is 10.1. The number of carbonyl (C=O) groups is 1. The lowest BCUT2D eigenvalue weighted by molar-refractivity contribution is -0.889. The Hall–Kier alpha value is -1.14. The molecule has 0 amide bonds. The van der Waals surface area contributed by atoms with Gasteiger partial charge in [0.05, 0.1) is 39.2 Å². The molecular weight excluding hydrogens is 214 g/mol. The van der Waals surface area contributed by atoms with Gasteiger partial charge in [0, 0.05) is 18.3 Å². The van der Waals surface area contributed by atoms with Crippen LogP contribution in [0.2, 0.25) is 0 Å². The molecule has 0 bridgehead atoms. The van der Waals surface area contributed by atoms with Crippen LogP contribution in [0.1, 0.15) is 18.0 Å². The molecule has 84 valence electrons. The molecule has 0 aliphatic carbocycles. The average Bonchev–Trinajstić information content (AvgIpc) is 2.68. The SMILES string of the molecule is [2H]C([2H])([2H])[N+]([C@@H](Cc1c[nH]c(=S)[nH]1)C(=O)[O-])(C([2H])([2H])[2H])C([2H])([2H])[2H]. The molecule has 1 aromatic heterocycles. The monoisotopic (exact) mass is 238 g/mol. The molecule has 1 rings (SSSR count). The van der Waals surface area contributed by atoms with Gasteiger partial charge in [-0.05, 0) is 12.2 Å². The topological polar surface area (TPSA) is 71.7 Å². The molecule has 0 fully saturated rings. The second-order valence-corrected chi connectivity index (χ2v) is 3.44. The second-order valence-electron chi connectivity index (χ2n) is 3.03. The molecule has 0 saturated carbocycles. The van der Waals surface area contributed by atoms with Crippen LogP contribution in [0.5, 0.6) is 0 Å². The number of aliphatic carboxylic acids is 1. The number of hydrogen-bond acceptors (Lipinski definition) is 3. The Balaban J connectivity index is 3.70.